The Balaban J connectivity index is 1.61. The van der Waals surface area contributed by atoms with Gasteiger partial charge in [-0.3, -0.25) is 4.79 Å². The van der Waals surface area contributed by atoms with Gasteiger partial charge in [0.15, 0.2) is 0 Å². The van der Waals surface area contributed by atoms with Crippen molar-refractivity contribution in [2.45, 2.75) is 10.8 Å². The van der Waals surface area contributed by atoms with Crippen LogP contribution >= 0.6 is 23.5 Å². The fourth-order valence-corrected chi connectivity index (χ4v) is 5.74. The van der Waals surface area contributed by atoms with Crippen molar-refractivity contribution in [1.82, 2.24) is 14.8 Å². The van der Waals surface area contributed by atoms with Crippen LogP contribution in [0.2, 0.25) is 0 Å². The van der Waals surface area contributed by atoms with Crippen molar-refractivity contribution >= 4 is 35.1 Å². The zero-order valence-electron chi connectivity index (χ0n) is 14.9. The van der Waals surface area contributed by atoms with Crippen LogP contribution in [0.1, 0.15) is 26.1 Å². The van der Waals surface area contributed by atoms with Crippen molar-refractivity contribution in [3.05, 3.63) is 71.8 Å². The van der Waals surface area contributed by atoms with E-state index in [9.17, 15) is 18.0 Å². The number of thioether (sulfide) groups is 2. The predicted octanol–water partition coefficient (Wildman–Crippen LogP) is 5.02. The maximum Gasteiger partial charge on any atom is 0.416 e. The van der Waals surface area contributed by atoms with E-state index in [0.717, 1.165) is 29.2 Å². The molecule has 0 bridgehead atoms. The van der Waals surface area contributed by atoms with Gasteiger partial charge in [0.25, 0.3) is 5.91 Å². The molecule has 4 rings (SSSR count). The summed E-state index contributed by atoms with van der Waals surface area (Å²) in [7, 11) is 0. The highest BCUT2D eigenvalue weighted by Crippen LogP contribution is 2.45. The number of carbonyl (C=O) groups is 1. The average molecular weight is 436 g/mol. The molecule has 150 valence electrons. The Labute approximate surface area is 173 Å². The zero-order valence-corrected chi connectivity index (χ0v) is 16.5. The van der Waals surface area contributed by atoms with E-state index in [1.807, 2.05) is 35.7 Å². The topological polar surface area (TPSA) is 59.8 Å². The predicted molar refractivity (Wildman–Crippen MR) is 108 cm³/mol. The number of aromatic nitrogens is 3. The molecular formula is C19H15F3N4OS2. The van der Waals surface area contributed by atoms with E-state index in [2.05, 4.69) is 15.4 Å². The van der Waals surface area contributed by atoms with Crippen molar-refractivity contribution in [2.75, 3.05) is 16.8 Å². The highest BCUT2D eigenvalue weighted by Gasteiger charge is 2.31. The number of hydrogen-bond acceptors (Lipinski definition) is 5. The molecule has 29 heavy (non-hydrogen) atoms. The van der Waals surface area contributed by atoms with Crippen molar-refractivity contribution in [3.63, 3.8) is 0 Å². The van der Waals surface area contributed by atoms with Gasteiger partial charge in [0, 0.05) is 17.1 Å². The fourth-order valence-electron chi connectivity index (χ4n) is 2.88. The third-order valence-electron chi connectivity index (χ3n) is 4.30. The monoisotopic (exact) mass is 436 g/mol. The van der Waals surface area contributed by atoms with Gasteiger partial charge in [-0.1, -0.05) is 12.1 Å². The molecule has 1 fully saturated rings. The van der Waals surface area contributed by atoms with E-state index < -0.39 is 17.6 Å². The number of nitrogens with one attached hydrogen (secondary N) is 1. The molecule has 1 amide bonds. The zero-order chi connectivity index (χ0) is 20.4. The second-order valence-electron chi connectivity index (χ2n) is 6.22. The van der Waals surface area contributed by atoms with Crippen LogP contribution in [0.5, 0.6) is 0 Å². The van der Waals surface area contributed by atoms with Crippen LogP contribution < -0.4 is 5.32 Å². The largest absolute Gasteiger partial charge is 0.416 e. The van der Waals surface area contributed by atoms with E-state index in [4.69, 9.17) is 0 Å². The maximum atomic E-state index is 13.1. The van der Waals surface area contributed by atoms with Crippen molar-refractivity contribution < 1.29 is 18.0 Å². The number of carbonyl (C=O) groups excluding carboxylic acids is 1. The summed E-state index contributed by atoms with van der Waals surface area (Å²) < 4.78 is 41.1. The first-order valence-corrected chi connectivity index (χ1v) is 10.7. The Morgan fingerprint density at radius 2 is 1.83 bits per heavy atom. The van der Waals surface area contributed by atoms with Crippen LogP contribution in [0.4, 0.5) is 18.9 Å². The quantitative estimate of drug-likeness (QED) is 0.623. The minimum atomic E-state index is -4.53. The smallest absolute Gasteiger partial charge is 0.320 e. The number of amides is 1. The number of alkyl halides is 3. The Morgan fingerprint density at radius 3 is 2.45 bits per heavy atom. The van der Waals surface area contributed by atoms with Gasteiger partial charge in [0.05, 0.1) is 21.5 Å². The van der Waals surface area contributed by atoms with Gasteiger partial charge in [-0.2, -0.15) is 18.3 Å². The molecule has 1 aromatic heterocycles. The summed E-state index contributed by atoms with van der Waals surface area (Å²) in [5.74, 6) is 1.69. The minimum Gasteiger partial charge on any atom is -0.320 e. The first-order chi connectivity index (χ1) is 13.9. The van der Waals surface area contributed by atoms with Crippen LogP contribution in [0.25, 0.3) is 5.69 Å². The van der Waals surface area contributed by atoms with Crippen molar-refractivity contribution in [1.29, 1.82) is 0 Å². The summed E-state index contributed by atoms with van der Waals surface area (Å²) in [6.07, 6.45) is -1.91. The lowest BCUT2D eigenvalue weighted by atomic mass is 10.1. The van der Waals surface area contributed by atoms with Gasteiger partial charge in [0.1, 0.15) is 12.7 Å². The molecule has 1 aliphatic rings. The Morgan fingerprint density at radius 1 is 1.10 bits per heavy atom. The summed E-state index contributed by atoms with van der Waals surface area (Å²) in [4.78, 5) is 16.5. The van der Waals surface area contributed by atoms with E-state index in [-0.39, 0.29) is 5.69 Å². The van der Waals surface area contributed by atoms with Gasteiger partial charge in [0.2, 0.25) is 0 Å². The SMILES string of the molecule is O=C(Nc1cc(C(F)(F)F)ccc1-n1cncn1)c1ccc(C2SCCS2)cc1. The van der Waals surface area contributed by atoms with Gasteiger partial charge >= 0.3 is 6.18 Å². The summed E-state index contributed by atoms with van der Waals surface area (Å²) in [6.45, 7) is 0. The summed E-state index contributed by atoms with van der Waals surface area (Å²) in [6, 6.07) is 10.2. The van der Waals surface area contributed by atoms with E-state index in [1.165, 1.54) is 23.4 Å². The molecule has 0 unspecified atom stereocenters. The van der Waals surface area contributed by atoms with Gasteiger partial charge < -0.3 is 5.32 Å². The van der Waals surface area contributed by atoms with Crippen molar-refractivity contribution in [3.8, 4) is 5.69 Å². The second kappa shape index (κ2) is 8.11. The lowest BCUT2D eigenvalue weighted by Gasteiger charge is -2.15. The Kier molecular flexibility index (Phi) is 5.55. The minimum absolute atomic E-state index is 0.00121. The summed E-state index contributed by atoms with van der Waals surface area (Å²) in [5, 5.41) is 6.52. The lowest BCUT2D eigenvalue weighted by Crippen LogP contribution is -2.15. The molecule has 1 N–H and O–H groups in total. The first-order valence-electron chi connectivity index (χ1n) is 8.62. The molecule has 1 saturated heterocycles. The number of anilines is 1. The van der Waals surface area contributed by atoms with Gasteiger partial charge in [-0.05, 0) is 35.9 Å². The molecule has 2 heterocycles. The first kappa shape index (κ1) is 19.8. The number of hydrogen-bond donors (Lipinski definition) is 1. The molecule has 5 nitrogen and oxygen atoms in total. The highest BCUT2D eigenvalue weighted by molar-refractivity contribution is 8.19. The van der Waals surface area contributed by atoms with E-state index in [0.29, 0.717) is 15.8 Å². The fraction of sp³-hybridized carbons (Fsp3) is 0.211. The molecule has 0 aliphatic carbocycles. The lowest BCUT2D eigenvalue weighted by molar-refractivity contribution is -0.137. The second-order valence-corrected chi connectivity index (χ2v) is 8.94. The van der Waals surface area contributed by atoms with E-state index >= 15 is 0 Å². The van der Waals surface area contributed by atoms with E-state index in [1.54, 1.807) is 12.1 Å². The molecule has 0 spiro atoms. The normalized spacial score (nSPS) is 14.9. The van der Waals surface area contributed by atoms with Gasteiger partial charge in [-0.15, -0.1) is 23.5 Å². The molecule has 0 atom stereocenters. The van der Waals surface area contributed by atoms with Crippen molar-refractivity contribution in [2.24, 2.45) is 0 Å². The molecule has 1 aliphatic heterocycles. The molecule has 0 radical (unpaired) electrons. The van der Waals surface area contributed by atoms with Crippen LogP contribution in [0.3, 0.4) is 0 Å². The van der Waals surface area contributed by atoms with Crippen LogP contribution in [0.15, 0.2) is 55.1 Å². The maximum absolute atomic E-state index is 13.1. The molecule has 0 saturated carbocycles. The van der Waals surface area contributed by atoms with Crippen LogP contribution in [-0.4, -0.2) is 32.2 Å². The molecule has 2 aromatic carbocycles. The van der Waals surface area contributed by atoms with Crippen LogP contribution in [0, 0.1) is 0 Å². The highest BCUT2D eigenvalue weighted by atomic mass is 32.2. The molecular weight excluding hydrogens is 421 g/mol. The van der Waals surface area contributed by atoms with Gasteiger partial charge in [-0.25, -0.2) is 9.67 Å². The third-order valence-corrected chi connectivity index (χ3v) is 7.41. The average Bonchev–Trinajstić information content (AvgIpc) is 3.41. The standard InChI is InChI=1S/C19H15F3N4OS2/c20-19(21,22)14-5-6-16(26-11-23-10-24-26)15(9-14)25-17(27)12-1-3-13(4-2-12)18-28-7-8-29-18/h1-6,9-11,18H,7-8H2,(H,25,27). The Hall–Kier alpha value is -2.46. The summed E-state index contributed by atoms with van der Waals surface area (Å²) in [5.41, 5.74) is 0.919. The molecule has 3 aromatic rings. The summed E-state index contributed by atoms with van der Waals surface area (Å²) >= 11 is 3.71. The number of rotatable bonds is 4. The Bertz CT molecular complexity index is 1000. The number of nitrogens with zero attached hydrogens (tertiary/aromatic N) is 3. The molecule has 10 heteroatoms. The number of benzene rings is 2. The number of halogens is 3. The van der Waals surface area contributed by atoms with Crippen LogP contribution in [-0.2, 0) is 6.18 Å². The third kappa shape index (κ3) is 4.43.